The smallest absolute Gasteiger partial charge is 0.0625 e. The van der Waals surface area contributed by atoms with Gasteiger partial charge >= 0.3 is 0 Å². The summed E-state index contributed by atoms with van der Waals surface area (Å²) in [7, 11) is 0. The number of hydrogen-bond acceptors (Lipinski definition) is 1. The van der Waals surface area contributed by atoms with Gasteiger partial charge in [-0.05, 0) is 98.7 Å². The van der Waals surface area contributed by atoms with Gasteiger partial charge in [-0.15, -0.1) is 0 Å². The van der Waals surface area contributed by atoms with E-state index >= 15 is 0 Å². The Bertz CT molecular complexity index is 2800. The minimum absolute atomic E-state index is 1.11. The molecule has 50 heavy (non-hydrogen) atoms. The molecule has 0 bridgehead atoms. The van der Waals surface area contributed by atoms with Gasteiger partial charge < -0.3 is 9.47 Å². The van der Waals surface area contributed by atoms with Gasteiger partial charge in [0.15, 0.2) is 0 Å². The molecule has 0 unspecified atom stereocenters. The summed E-state index contributed by atoms with van der Waals surface area (Å²) in [5.74, 6) is 0. The molecule has 0 atom stereocenters. The minimum atomic E-state index is 1.11. The molecular weight excluding hydrogens is 605 g/mol. The van der Waals surface area contributed by atoms with E-state index in [1.165, 1.54) is 65.3 Å². The molecule has 0 spiro atoms. The molecule has 234 valence electrons. The highest BCUT2D eigenvalue weighted by molar-refractivity contribution is 6.24. The monoisotopic (exact) mass is 636 g/mol. The topological polar surface area (TPSA) is 8.17 Å². The lowest BCUT2D eigenvalue weighted by atomic mass is 9.94. The molecule has 1 heterocycles. The minimum Gasteiger partial charge on any atom is -0.310 e. The third-order valence-electron chi connectivity index (χ3n) is 10.1. The van der Waals surface area contributed by atoms with Gasteiger partial charge in [0.2, 0.25) is 0 Å². The van der Waals surface area contributed by atoms with Crippen LogP contribution < -0.4 is 4.90 Å². The summed E-state index contributed by atoms with van der Waals surface area (Å²) >= 11 is 0. The fraction of sp³-hybridized carbons (Fsp3) is 0. The first-order valence-electron chi connectivity index (χ1n) is 17.2. The largest absolute Gasteiger partial charge is 0.310 e. The predicted octanol–water partition coefficient (Wildman–Crippen LogP) is 13.4. The fourth-order valence-corrected chi connectivity index (χ4v) is 7.80. The zero-order chi connectivity index (χ0) is 33.0. The Morgan fingerprint density at radius 3 is 1.62 bits per heavy atom. The van der Waals surface area contributed by atoms with Crippen molar-refractivity contribution < 1.29 is 0 Å². The molecule has 0 amide bonds. The Balaban J connectivity index is 1.25. The van der Waals surface area contributed by atoms with Gasteiger partial charge in [0, 0.05) is 38.9 Å². The summed E-state index contributed by atoms with van der Waals surface area (Å²) in [6.45, 7) is 0. The van der Waals surface area contributed by atoms with Gasteiger partial charge in [-0.2, -0.15) is 0 Å². The molecule has 0 aliphatic carbocycles. The average Bonchev–Trinajstić information content (AvgIpc) is 3.54. The number of nitrogens with zero attached hydrogens (tertiary/aromatic N) is 2. The van der Waals surface area contributed by atoms with Gasteiger partial charge in [0.1, 0.15) is 0 Å². The second-order valence-electron chi connectivity index (χ2n) is 13.0. The van der Waals surface area contributed by atoms with E-state index in [1.807, 2.05) is 0 Å². The van der Waals surface area contributed by atoms with Crippen molar-refractivity contribution in [2.75, 3.05) is 4.90 Å². The molecule has 0 saturated carbocycles. The van der Waals surface area contributed by atoms with Crippen LogP contribution in [0.5, 0.6) is 0 Å². The number of anilines is 3. The van der Waals surface area contributed by atoms with E-state index in [-0.39, 0.29) is 0 Å². The Labute approximate surface area is 290 Å². The van der Waals surface area contributed by atoms with Crippen molar-refractivity contribution in [3.05, 3.63) is 194 Å². The third kappa shape index (κ3) is 4.57. The van der Waals surface area contributed by atoms with Gasteiger partial charge in [0.25, 0.3) is 0 Å². The van der Waals surface area contributed by atoms with Crippen molar-refractivity contribution in [3.63, 3.8) is 0 Å². The lowest BCUT2D eigenvalue weighted by Crippen LogP contribution is -2.10. The maximum atomic E-state index is 2.44. The molecule has 2 heteroatoms. The molecule has 0 N–H and O–H groups in total. The number of para-hydroxylation sites is 2. The van der Waals surface area contributed by atoms with Crippen LogP contribution in [0, 0.1) is 0 Å². The number of aromatic nitrogens is 1. The lowest BCUT2D eigenvalue weighted by Gasteiger charge is -2.27. The summed E-state index contributed by atoms with van der Waals surface area (Å²) in [6.07, 6.45) is 0. The van der Waals surface area contributed by atoms with Crippen LogP contribution >= 0.6 is 0 Å². The van der Waals surface area contributed by atoms with Gasteiger partial charge in [0.05, 0.1) is 11.0 Å². The summed E-state index contributed by atoms with van der Waals surface area (Å²) in [6, 6.07) is 70.6. The Hall–Kier alpha value is -6.64. The van der Waals surface area contributed by atoms with E-state index in [0.29, 0.717) is 0 Å². The van der Waals surface area contributed by atoms with Crippen molar-refractivity contribution in [2.45, 2.75) is 0 Å². The average molecular weight is 637 g/mol. The Morgan fingerprint density at radius 2 is 0.920 bits per heavy atom. The number of fused-ring (bicyclic) bond motifs is 7. The SMILES string of the molecule is c1ccc(-n2c3ccccc3c3c(-c4cccc(N(c5ccc6ccccc6c5)c5ccc6ccccc6c5)c4)cc4ccccc4c32)cc1. The number of benzene rings is 9. The first kappa shape index (κ1) is 28.4. The zero-order valence-corrected chi connectivity index (χ0v) is 27.4. The fourth-order valence-electron chi connectivity index (χ4n) is 7.80. The summed E-state index contributed by atoms with van der Waals surface area (Å²) in [4.78, 5) is 2.40. The normalized spacial score (nSPS) is 11.6. The van der Waals surface area contributed by atoms with Crippen LogP contribution in [0.3, 0.4) is 0 Å². The van der Waals surface area contributed by atoms with Crippen LogP contribution in [0.4, 0.5) is 17.1 Å². The number of rotatable bonds is 5. The summed E-state index contributed by atoms with van der Waals surface area (Å²) < 4.78 is 2.44. The summed E-state index contributed by atoms with van der Waals surface area (Å²) in [5, 5.41) is 9.89. The maximum Gasteiger partial charge on any atom is 0.0625 e. The van der Waals surface area contributed by atoms with E-state index in [4.69, 9.17) is 0 Å². The van der Waals surface area contributed by atoms with Crippen molar-refractivity contribution >= 4 is 71.2 Å². The van der Waals surface area contributed by atoms with Gasteiger partial charge in [-0.3, -0.25) is 0 Å². The summed E-state index contributed by atoms with van der Waals surface area (Å²) in [5.41, 5.74) is 9.37. The molecule has 0 aliphatic heterocycles. The van der Waals surface area contributed by atoms with Crippen LogP contribution in [0.2, 0.25) is 0 Å². The Morgan fingerprint density at radius 1 is 0.360 bits per heavy atom. The first-order chi connectivity index (χ1) is 24.8. The highest BCUT2D eigenvalue weighted by atomic mass is 15.1. The maximum absolute atomic E-state index is 2.44. The van der Waals surface area contributed by atoms with Crippen molar-refractivity contribution in [1.29, 1.82) is 0 Å². The molecule has 10 rings (SSSR count). The van der Waals surface area contributed by atoms with E-state index in [9.17, 15) is 0 Å². The predicted molar refractivity (Wildman–Crippen MR) is 213 cm³/mol. The molecule has 1 aromatic heterocycles. The van der Waals surface area contributed by atoms with Crippen molar-refractivity contribution in [1.82, 2.24) is 4.57 Å². The highest BCUT2D eigenvalue weighted by Gasteiger charge is 2.20. The number of hydrogen-bond donors (Lipinski definition) is 0. The van der Waals surface area contributed by atoms with E-state index < -0.39 is 0 Å². The second-order valence-corrected chi connectivity index (χ2v) is 13.0. The molecule has 10 aromatic rings. The van der Waals surface area contributed by atoms with E-state index in [0.717, 1.165) is 22.7 Å². The van der Waals surface area contributed by atoms with Crippen LogP contribution in [-0.2, 0) is 0 Å². The quantitative estimate of drug-likeness (QED) is 0.182. The van der Waals surface area contributed by atoms with E-state index in [2.05, 4.69) is 204 Å². The van der Waals surface area contributed by atoms with Crippen LogP contribution in [0.25, 0.3) is 70.9 Å². The van der Waals surface area contributed by atoms with Crippen LogP contribution in [0.15, 0.2) is 194 Å². The second kappa shape index (κ2) is 11.5. The van der Waals surface area contributed by atoms with Gasteiger partial charge in [-0.1, -0.05) is 133 Å². The highest BCUT2D eigenvalue weighted by Crippen LogP contribution is 2.44. The lowest BCUT2D eigenvalue weighted by molar-refractivity contribution is 1.19. The van der Waals surface area contributed by atoms with Gasteiger partial charge in [-0.25, -0.2) is 0 Å². The third-order valence-corrected chi connectivity index (χ3v) is 10.1. The molecule has 0 fully saturated rings. The van der Waals surface area contributed by atoms with E-state index in [1.54, 1.807) is 0 Å². The molecule has 0 radical (unpaired) electrons. The molecular formula is C48H32N2. The Kier molecular flexibility index (Phi) is 6.53. The molecule has 9 aromatic carbocycles. The van der Waals surface area contributed by atoms with Crippen molar-refractivity contribution in [3.8, 4) is 16.8 Å². The van der Waals surface area contributed by atoms with Crippen LogP contribution in [0.1, 0.15) is 0 Å². The van der Waals surface area contributed by atoms with Crippen molar-refractivity contribution in [2.24, 2.45) is 0 Å². The molecule has 0 aliphatic rings. The first-order valence-corrected chi connectivity index (χ1v) is 17.2. The molecule has 0 saturated heterocycles. The zero-order valence-electron chi connectivity index (χ0n) is 27.4. The molecule has 2 nitrogen and oxygen atoms in total. The standard InChI is InChI=1S/C48H32N2/c1-2-19-39(20-3-1)50-46-24-11-10-23-44(46)47-45(32-38-17-8-9-22-43(38)48(47)50)37-18-12-21-40(31-37)49(41-27-25-33-13-4-6-15-35(33)29-41)42-28-26-34-14-5-7-16-36(34)30-42/h1-32H. The van der Waals surface area contributed by atoms with Crippen LogP contribution in [-0.4, -0.2) is 4.57 Å².